The number of hydrogen-bond acceptors (Lipinski definition) is 1. The fourth-order valence-corrected chi connectivity index (χ4v) is 4.14. The van der Waals surface area contributed by atoms with E-state index in [2.05, 4.69) is 71.7 Å². The Morgan fingerprint density at radius 3 is 2.23 bits per heavy atom. The summed E-state index contributed by atoms with van der Waals surface area (Å²) in [6.45, 7) is 0.570. The lowest BCUT2D eigenvalue weighted by molar-refractivity contribution is -0.121. The number of aromatic nitrogens is 1. The van der Waals surface area contributed by atoms with E-state index >= 15 is 0 Å². The minimum absolute atomic E-state index is 0.102. The summed E-state index contributed by atoms with van der Waals surface area (Å²) in [6, 6.07) is 29.1. The van der Waals surface area contributed by atoms with Crippen LogP contribution in [0.25, 0.3) is 10.9 Å². The third-order valence-corrected chi connectivity index (χ3v) is 5.76. The van der Waals surface area contributed by atoms with E-state index in [1.807, 2.05) is 36.4 Å². The minimum atomic E-state index is 0.102. The van der Waals surface area contributed by atoms with Crippen molar-refractivity contribution < 1.29 is 4.79 Å². The smallest absolute Gasteiger partial charge is 0.220 e. The Labute approximate surface area is 178 Å². The summed E-state index contributed by atoms with van der Waals surface area (Å²) in [4.78, 5) is 12.8. The molecule has 0 saturated heterocycles. The van der Waals surface area contributed by atoms with Crippen LogP contribution in [0.4, 0.5) is 0 Å². The van der Waals surface area contributed by atoms with Gasteiger partial charge in [-0.05, 0) is 41.5 Å². The molecule has 1 aromatic heterocycles. The van der Waals surface area contributed by atoms with Gasteiger partial charge in [0.1, 0.15) is 0 Å². The molecule has 0 bridgehead atoms. The van der Waals surface area contributed by atoms with Crippen molar-refractivity contribution in [3.63, 3.8) is 0 Å². The van der Waals surface area contributed by atoms with Gasteiger partial charge in [-0.2, -0.15) is 0 Å². The maximum absolute atomic E-state index is 12.8. The van der Waals surface area contributed by atoms with Gasteiger partial charge in [0.15, 0.2) is 0 Å². The van der Waals surface area contributed by atoms with Crippen LogP contribution in [0.2, 0.25) is 0 Å². The highest BCUT2D eigenvalue weighted by Crippen LogP contribution is 2.32. The Bertz CT molecular complexity index is 1100. The van der Waals surface area contributed by atoms with Crippen LogP contribution in [0.1, 0.15) is 35.4 Å². The molecule has 4 rings (SSSR count). The fraction of sp³-hybridized carbons (Fsp3) is 0.222. The van der Waals surface area contributed by atoms with Gasteiger partial charge in [0.05, 0.1) is 0 Å². The highest BCUT2D eigenvalue weighted by Gasteiger charge is 2.20. The molecule has 0 fully saturated rings. The van der Waals surface area contributed by atoms with E-state index in [1.165, 1.54) is 22.0 Å². The van der Waals surface area contributed by atoms with E-state index in [9.17, 15) is 4.79 Å². The van der Waals surface area contributed by atoms with E-state index in [1.54, 1.807) is 0 Å². The number of rotatable bonds is 8. The van der Waals surface area contributed by atoms with Crippen LogP contribution in [-0.4, -0.2) is 10.5 Å². The molecule has 30 heavy (non-hydrogen) atoms. The van der Waals surface area contributed by atoms with Crippen LogP contribution in [0, 0.1) is 0 Å². The molecule has 0 radical (unpaired) electrons. The molecule has 0 aliphatic carbocycles. The molecule has 1 atom stereocenters. The number of fused-ring (bicyclic) bond motifs is 1. The number of para-hydroxylation sites is 1. The van der Waals surface area contributed by atoms with E-state index in [0.29, 0.717) is 13.0 Å². The Balaban J connectivity index is 1.52. The molecule has 152 valence electrons. The van der Waals surface area contributed by atoms with Gasteiger partial charge in [-0.3, -0.25) is 4.79 Å². The summed E-state index contributed by atoms with van der Waals surface area (Å²) in [5.74, 6) is 0.275. The number of hydrogen-bond donors (Lipinski definition) is 1. The first kappa shape index (κ1) is 20.0. The van der Waals surface area contributed by atoms with Gasteiger partial charge in [0, 0.05) is 37.1 Å². The number of nitrogens with one attached hydrogen (secondary N) is 1. The Hall–Kier alpha value is -3.33. The topological polar surface area (TPSA) is 34.0 Å². The van der Waals surface area contributed by atoms with Gasteiger partial charge in [0.25, 0.3) is 0 Å². The van der Waals surface area contributed by atoms with E-state index in [-0.39, 0.29) is 11.8 Å². The first-order valence-electron chi connectivity index (χ1n) is 10.6. The normalized spacial score (nSPS) is 12.0. The van der Waals surface area contributed by atoms with Gasteiger partial charge < -0.3 is 9.88 Å². The zero-order valence-electron chi connectivity index (χ0n) is 17.4. The van der Waals surface area contributed by atoms with Crippen LogP contribution in [0.15, 0.2) is 91.1 Å². The molecule has 1 N–H and O–H groups in total. The molecule has 3 aromatic carbocycles. The Morgan fingerprint density at radius 2 is 1.50 bits per heavy atom. The van der Waals surface area contributed by atoms with E-state index in [4.69, 9.17) is 0 Å². The van der Waals surface area contributed by atoms with E-state index in [0.717, 1.165) is 18.4 Å². The molecule has 3 heteroatoms. The first-order valence-corrected chi connectivity index (χ1v) is 10.6. The predicted octanol–water partition coefficient (Wildman–Crippen LogP) is 5.60. The number of carbonyl (C=O) groups is 1. The number of nitrogens with zero attached hydrogens (tertiary/aromatic N) is 1. The third kappa shape index (κ3) is 4.80. The van der Waals surface area contributed by atoms with Crippen LogP contribution >= 0.6 is 0 Å². The summed E-state index contributed by atoms with van der Waals surface area (Å²) in [7, 11) is 2.08. The van der Waals surface area contributed by atoms with Gasteiger partial charge in [0.2, 0.25) is 5.91 Å². The first-order chi connectivity index (χ1) is 14.7. The standard InChI is InChI=1S/C27H28N2O/c1-29-20-25(24-14-8-9-15-26(24)29)23(17-16-21-10-4-2-5-11-21)18-27(30)28-19-22-12-6-3-7-13-22/h2-15,20,23H,16-19H2,1H3,(H,28,30). The quantitative estimate of drug-likeness (QED) is 0.413. The average molecular weight is 397 g/mol. The number of benzene rings is 3. The molecular weight excluding hydrogens is 368 g/mol. The Morgan fingerprint density at radius 1 is 0.867 bits per heavy atom. The summed E-state index contributed by atoms with van der Waals surface area (Å²) in [6.07, 6.45) is 4.59. The van der Waals surface area contributed by atoms with Gasteiger partial charge in [-0.1, -0.05) is 78.9 Å². The summed E-state index contributed by atoms with van der Waals surface area (Å²) in [5.41, 5.74) is 4.91. The second-order valence-electron chi connectivity index (χ2n) is 7.90. The molecule has 1 heterocycles. The molecule has 0 saturated carbocycles. The molecule has 3 nitrogen and oxygen atoms in total. The van der Waals surface area contributed by atoms with Crippen molar-refractivity contribution in [3.05, 3.63) is 108 Å². The molecule has 0 spiro atoms. The molecule has 4 aromatic rings. The minimum Gasteiger partial charge on any atom is -0.352 e. The highest BCUT2D eigenvalue weighted by molar-refractivity contribution is 5.85. The van der Waals surface area contributed by atoms with Crippen LogP contribution in [-0.2, 0) is 24.8 Å². The molecule has 1 amide bonds. The number of aryl methyl sites for hydroxylation is 2. The van der Waals surface area contributed by atoms with Crippen molar-refractivity contribution >= 4 is 16.8 Å². The fourth-order valence-electron chi connectivity index (χ4n) is 4.14. The van der Waals surface area contributed by atoms with Crippen molar-refractivity contribution in [1.29, 1.82) is 0 Å². The van der Waals surface area contributed by atoms with Crippen LogP contribution in [0.3, 0.4) is 0 Å². The third-order valence-electron chi connectivity index (χ3n) is 5.76. The number of carbonyl (C=O) groups excluding carboxylic acids is 1. The Kier molecular flexibility index (Phi) is 6.29. The van der Waals surface area contributed by atoms with Crippen molar-refractivity contribution in [2.24, 2.45) is 7.05 Å². The highest BCUT2D eigenvalue weighted by atomic mass is 16.1. The second-order valence-corrected chi connectivity index (χ2v) is 7.90. The van der Waals surface area contributed by atoms with Gasteiger partial charge in [-0.25, -0.2) is 0 Å². The maximum atomic E-state index is 12.8. The van der Waals surface area contributed by atoms with Crippen molar-refractivity contribution in [3.8, 4) is 0 Å². The van der Waals surface area contributed by atoms with Crippen molar-refractivity contribution in [2.45, 2.75) is 31.7 Å². The summed E-state index contributed by atoms with van der Waals surface area (Å²) in [5, 5.41) is 4.35. The molecule has 0 aliphatic heterocycles. The zero-order valence-corrected chi connectivity index (χ0v) is 17.4. The van der Waals surface area contributed by atoms with Gasteiger partial charge >= 0.3 is 0 Å². The number of amides is 1. The molecule has 0 aliphatic rings. The largest absolute Gasteiger partial charge is 0.352 e. The summed E-state index contributed by atoms with van der Waals surface area (Å²) >= 11 is 0. The van der Waals surface area contributed by atoms with Crippen molar-refractivity contribution in [1.82, 2.24) is 9.88 Å². The molecular formula is C27H28N2O. The zero-order chi connectivity index (χ0) is 20.8. The SMILES string of the molecule is Cn1cc(C(CCc2ccccc2)CC(=O)NCc2ccccc2)c2ccccc21. The predicted molar refractivity (Wildman–Crippen MR) is 123 cm³/mol. The van der Waals surface area contributed by atoms with Crippen molar-refractivity contribution in [2.75, 3.05) is 0 Å². The average Bonchev–Trinajstić information content (AvgIpc) is 3.13. The van der Waals surface area contributed by atoms with E-state index < -0.39 is 0 Å². The van der Waals surface area contributed by atoms with Crippen LogP contribution < -0.4 is 5.32 Å². The lowest BCUT2D eigenvalue weighted by Gasteiger charge is -2.17. The lowest BCUT2D eigenvalue weighted by atomic mass is 9.89. The maximum Gasteiger partial charge on any atom is 0.220 e. The van der Waals surface area contributed by atoms with Gasteiger partial charge in [-0.15, -0.1) is 0 Å². The second kappa shape index (κ2) is 9.45. The lowest BCUT2D eigenvalue weighted by Crippen LogP contribution is -2.24. The monoisotopic (exact) mass is 396 g/mol. The van der Waals surface area contributed by atoms with Crippen LogP contribution in [0.5, 0.6) is 0 Å². The summed E-state index contributed by atoms with van der Waals surface area (Å²) < 4.78 is 2.17. The molecule has 1 unspecified atom stereocenters.